The van der Waals surface area contributed by atoms with E-state index >= 15 is 0 Å². The van der Waals surface area contributed by atoms with Crippen molar-refractivity contribution >= 4 is 11.0 Å². The first-order chi connectivity index (χ1) is 9.11. The smallest absolute Gasteiger partial charge is 0.336 e. The van der Waals surface area contributed by atoms with Crippen molar-refractivity contribution in [1.82, 2.24) is 4.57 Å². The highest BCUT2D eigenvalue weighted by Gasteiger charge is 2.09. The molecule has 0 saturated heterocycles. The van der Waals surface area contributed by atoms with E-state index in [4.69, 9.17) is 4.42 Å². The van der Waals surface area contributed by atoms with Crippen LogP contribution in [0.3, 0.4) is 0 Å². The van der Waals surface area contributed by atoms with Crippen molar-refractivity contribution in [3.8, 4) is 5.75 Å². The number of fused-ring (bicyclic) bond motifs is 1. The van der Waals surface area contributed by atoms with Gasteiger partial charge in [-0.15, -0.1) is 0 Å². The van der Waals surface area contributed by atoms with Crippen LogP contribution >= 0.6 is 0 Å². The molecule has 2 heterocycles. The Balaban J connectivity index is 2.14. The molecule has 3 aromatic rings. The number of hydrogen-bond acceptors (Lipinski definition) is 3. The number of phenols is 1. The van der Waals surface area contributed by atoms with Gasteiger partial charge in [-0.3, -0.25) is 0 Å². The predicted octanol–water partition coefficient (Wildman–Crippen LogP) is 1.17. The van der Waals surface area contributed by atoms with Crippen LogP contribution < -0.4 is 10.2 Å². The van der Waals surface area contributed by atoms with Crippen molar-refractivity contribution in [3.05, 3.63) is 59.0 Å². The van der Waals surface area contributed by atoms with Crippen LogP contribution in [-0.2, 0) is 13.6 Å². The summed E-state index contributed by atoms with van der Waals surface area (Å²) in [6.45, 7) is 0.577. The van der Waals surface area contributed by atoms with Gasteiger partial charge in [0.05, 0.1) is 7.05 Å². The molecule has 0 radical (unpaired) electrons. The molecule has 3 rings (SSSR count). The lowest BCUT2D eigenvalue weighted by Gasteiger charge is -2.03. The average Bonchev–Trinajstić information content (AvgIpc) is 2.74. The molecular formula is C14H13N2O3+. The lowest BCUT2D eigenvalue weighted by molar-refractivity contribution is -0.671. The molecule has 0 saturated carbocycles. The van der Waals surface area contributed by atoms with Gasteiger partial charge in [0.15, 0.2) is 0 Å². The molecule has 96 valence electrons. The van der Waals surface area contributed by atoms with E-state index in [1.54, 1.807) is 12.1 Å². The standard InChI is InChI=1S/C14H12N2O3/c1-15-4-5-16(9-15)8-10-6-14(18)19-13-7-11(17)2-3-12(10)13/h2-7,9H,8H2,1H3/p+1. The largest absolute Gasteiger partial charge is 0.508 e. The number of rotatable bonds is 2. The molecule has 0 atom stereocenters. The highest BCUT2D eigenvalue weighted by Crippen LogP contribution is 2.22. The second-order valence-electron chi connectivity index (χ2n) is 4.52. The number of aryl methyl sites for hydroxylation is 1. The van der Waals surface area contributed by atoms with Crippen LogP contribution in [0.1, 0.15) is 5.56 Å². The molecule has 0 fully saturated rings. The third kappa shape index (κ3) is 2.22. The zero-order valence-electron chi connectivity index (χ0n) is 10.4. The number of imidazole rings is 1. The van der Waals surface area contributed by atoms with Gasteiger partial charge in [-0.1, -0.05) is 0 Å². The number of hydrogen-bond donors (Lipinski definition) is 1. The van der Waals surface area contributed by atoms with E-state index in [-0.39, 0.29) is 5.75 Å². The summed E-state index contributed by atoms with van der Waals surface area (Å²) < 4.78 is 9.00. The fourth-order valence-electron chi connectivity index (χ4n) is 2.14. The summed E-state index contributed by atoms with van der Waals surface area (Å²) in [6.07, 6.45) is 5.79. The van der Waals surface area contributed by atoms with Crippen LogP contribution in [0.25, 0.3) is 11.0 Å². The van der Waals surface area contributed by atoms with Gasteiger partial charge < -0.3 is 9.52 Å². The molecule has 1 N–H and O–H groups in total. The molecule has 0 aliphatic rings. The maximum absolute atomic E-state index is 11.5. The van der Waals surface area contributed by atoms with Crippen molar-refractivity contribution < 1.29 is 14.1 Å². The maximum atomic E-state index is 11.5. The minimum absolute atomic E-state index is 0.0835. The van der Waals surface area contributed by atoms with Gasteiger partial charge >= 0.3 is 5.63 Å². The molecule has 0 bridgehead atoms. The third-order valence-electron chi connectivity index (χ3n) is 2.99. The van der Waals surface area contributed by atoms with E-state index in [1.807, 2.05) is 34.9 Å². The molecule has 5 nitrogen and oxygen atoms in total. The van der Waals surface area contributed by atoms with E-state index in [9.17, 15) is 9.90 Å². The van der Waals surface area contributed by atoms with Crippen molar-refractivity contribution in [2.24, 2.45) is 7.05 Å². The first-order valence-electron chi connectivity index (χ1n) is 5.88. The van der Waals surface area contributed by atoms with Crippen molar-refractivity contribution in [2.45, 2.75) is 6.54 Å². The Hall–Kier alpha value is -2.56. The van der Waals surface area contributed by atoms with Crippen LogP contribution in [0, 0.1) is 0 Å². The van der Waals surface area contributed by atoms with Gasteiger partial charge in [-0.25, -0.2) is 13.9 Å². The summed E-state index contributed by atoms with van der Waals surface area (Å²) in [5, 5.41) is 10.3. The zero-order chi connectivity index (χ0) is 13.4. The van der Waals surface area contributed by atoms with Gasteiger partial charge in [0.25, 0.3) is 0 Å². The number of benzene rings is 1. The SMILES string of the molecule is C[n+]1ccn(Cc2cc(=O)oc3cc(O)ccc23)c1. The lowest BCUT2D eigenvalue weighted by Crippen LogP contribution is -2.23. The number of nitrogens with zero attached hydrogens (tertiary/aromatic N) is 2. The fourth-order valence-corrected chi connectivity index (χ4v) is 2.14. The second-order valence-corrected chi connectivity index (χ2v) is 4.52. The van der Waals surface area contributed by atoms with Crippen molar-refractivity contribution in [1.29, 1.82) is 0 Å². The quantitative estimate of drug-likeness (QED) is 0.554. The lowest BCUT2D eigenvalue weighted by atomic mass is 10.1. The van der Waals surface area contributed by atoms with Crippen molar-refractivity contribution in [3.63, 3.8) is 0 Å². The Kier molecular flexibility index (Phi) is 2.59. The average molecular weight is 257 g/mol. The van der Waals surface area contributed by atoms with E-state index in [0.29, 0.717) is 12.1 Å². The Morgan fingerprint density at radius 3 is 2.95 bits per heavy atom. The van der Waals surface area contributed by atoms with E-state index in [0.717, 1.165) is 10.9 Å². The van der Waals surface area contributed by atoms with E-state index in [1.165, 1.54) is 12.1 Å². The third-order valence-corrected chi connectivity index (χ3v) is 2.99. The summed E-state index contributed by atoms with van der Waals surface area (Å²) in [5.41, 5.74) is 0.853. The Morgan fingerprint density at radius 1 is 1.37 bits per heavy atom. The number of phenolic OH excluding ortho intramolecular Hbond substituents is 1. The van der Waals surface area contributed by atoms with Crippen molar-refractivity contribution in [2.75, 3.05) is 0 Å². The predicted molar refractivity (Wildman–Crippen MR) is 68.9 cm³/mol. The van der Waals surface area contributed by atoms with E-state index < -0.39 is 5.63 Å². The zero-order valence-corrected chi connectivity index (χ0v) is 10.4. The first kappa shape index (κ1) is 11.5. The van der Waals surface area contributed by atoms with Crippen LogP contribution in [0.5, 0.6) is 5.75 Å². The Labute approximate surface area is 109 Å². The Bertz CT molecular complexity index is 802. The second kappa shape index (κ2) is 4.28. The molecular weight excluding hydrogens is 244 g/mol. The summed E-state index contributed by atoms with van der Waals surface area (Å²) in [7, 11) is 1.94. The molecule has 0 aliphatic carbocycles. The molecule has 0 amide bonds. The molecule has 0 aliphatic heterocycles. The molecule has 1 aromatic carbocycles. The van der Waals surface area contributed by atoms with E-state index in [2.05, 4.69) is 0 Å². The normalized spacial score (nSPS) is 11.0. The topological polar surface area (TPSA) is 59.2 Å². The van der Waals surface area contributed by atoms with Gasteiger partial charge in [0.2, 0.25) is 6.33 Å². The molecule has 2 aromatic heterocycles. The van der Waals surface area contributed by atoms with Gasteiger partial charge in [-0.2, -0.15) is 0 Å². The van der Waals surface area contributed by atoms with Crippen LogP contribution in [0.4, 0.5) is 0 Å². The van der Waals surface area contributed by atoms with Crippen LogP contribution in [0.2, 0.25) is 0 Å². The van der Waals surface area contributed by atoms with Gasteiger partial charge in [0.1, 0.15) is 30.3 Å². The fraction of sp³-hybridized carbons (Fsp3) is 0.143. The molecule has 19 heavy (non-hydrogen) atoms. The maximum Gasteiger partial charge on any atom is 0.336 e. The minimum atomic E-state index is -0.412. The molecule has 5 heteroatoms. The highest BCUT2D eigenvalue weighted by molar-refractivity contribution is 5.81. The molecule has 0 spiro atoms. The Morgan fingerprint density at radius 2 is 2.21 bits per heavy atom. The number of aromatic hydroxyl groups is 1. The summed E-state index contributed by atoms with van der Waals surface area (Å²) in [4.78, 5) is 11.5. The highest BCUT2D eigenvalue weighted by atomic mass is 16.4. The van der Waals surface area contributed by atoms with Crippen LogP contribution in [0.15, 0.2) is 52.2 Å². The first-order valence-corrected chi connectivity index (χ1v) is 5.88. The monoisotopic (exact) mass is 257 g/mol. The molecule has 0 unspecified atom stereocenters. The van der Waals surface area contributed by atoms with Crippen LogP contribution in [-0.4, -0.2) is 9.67 Å². The number of aromatic nitrogens is 2. The minimum Gasteiger partial charge on any atom is -0.508 e. The summed E-state index contributed by atoms with van der Waals surface area (Å²) in [5.74, 6) is 0.0835. The van der Waals surface area contributed by atoms with Gasteiger partial charge in [0, 0.05) is 23.1 Å². The summed E-state index contributed by atoms with van der Waals surface area (Å²) in [6, 6.07) is 6.28. The summed E-state index contributed by atoms with van der Waals surface area (Å²) >= 11 is 0. The van der Waals surface area contributed by atoms with Gasteiger partial charge in [-0.05, 0) is 12.1 Å².